The van der Waals surface area contributed by atoms with Crippen LogP contribution in [0.3, 0.4) is 0 Å². The lowest BCUT2D eigenvalue weighted by Gasteiger charge is -2.22. The van der Waals surface area contributed by atoms with Crippen molar-refractivity contribution in [2.75, 3.05) is 7.11 Å². The summed E-state index contributed by atoms with van der Waals surface area (Å²) in [5.74, 6) is 0.166. The fraction of sp³-hybridized carbons (Fsp3) is 0.312. The third kappa shape index (κ3) is 6.75. The van der Waals surface area contributed by atoms with Crippen molar-refractivity contribution in [1.29, 1.82) is 0 Å². The molecule has 0 aliphatic carbocycles. The monoisotopic (exact) mass is 514 g/mol. The van der Waals surface area contributed by atoms with Gasteiger partial charge in [0.2, 0.25) is 0 Å². The SMILES string of the molecule is COc1cccc([C@@H](C)NC(C)c2cc3ccccc3c(-c3cc(F)cc(CCC(=O)OC(C)C)c3)n2)c1. The Morgan fingerprint density at radius 1 is 0.947 bits per heavy atom. The summed E-state index contributed by atoms with van der Waals surface area (Å²) in [5.41, 5.74) is 4.10. The molecule has 1 heterocycles. The van der Waals surface area contributed by atoms with E-state index in [1.165, 1.54) is 12.1 Å². The lowest BCUT2D eigenvalue weighted by molar-refractivity contribution is -0.147. The number of pyridine rings is 1. The second-order valence-electron chi connectivity index (χ2n) is 9.89. The molecule has 1 unspecified atom stereocenters. The number of halogens is 1. The lowest BCUT2D eigenvalue weighted by atomic mass is 9.98. The van der Waals surface area contributed by atoms with E-state index in [2.05, 4.69) is 31.3 Å². The van der Waals surface area contributed by atoms with Crippen LogP contribution in [0.15, 0.2) is 72.8 Å². The first-order valence-electron chi connectivity index (χ1n) is 13.0. The van der Waals surface area contributed by atoms with Gasteiger partial charge in [-0.15, -0.1) is 0 Å². The van der Waals surface area contributed by atoms with E-state index in [-0.39, 0.29) is 36.4 Å². The first kappa shape index (κ1) is 27.3. The molecule has 1 aromatic heterocycles. The van der Waals surface area contributed by atoms with Crippen LogP contribution in [-0.2, 0) is 16.0 Å². The number of ether oxygens (including phenoxy) is 2. The number of nitrogens with zero attached hydrogens (tertiary/aromatic N) is 1. The normalized spacial score (nSPS) is 12.9. The largest absolute Gasteiger partial charge is 0.497 e. The number of esters is 1. The number of aromatic nitrogens is 1. The molecule has 0 amide bonds. The maximum atomic E-state index is 14.8. The second-order valence-corrected chi connectivity index (χ2v) is 9.89. The molecule has 6 heteroatoms. The Morgan fingerprint density at radius 2 is 1.74 bits per heavy atom. The van der Waals surface area contributed by atoms with E-state index in [9.17, 15) is 9.18 Å². The highest BCUT2D eigenvalue weighted by Gasteiger charge is 2.17. The van der Waals surface area contributed by atoms with E-state index in [0.717, 1.165) is 33.3 Å². The average Bonchev–Trinajstić information content (AvgIpc) is 2.90. The Hall–Kier alpha value is -3.77. The van der Waals surface area contributed by atoms with Gasteiger partial charge in [0, 0.05) is 29.5 Å². The van der Waals surface area contributed by atoms with Crippen LogP contribution in [-0.4, -0.2) is 24.2 Å². The van der Waals surface area contributed by atoms with Crippen LogP contribution in [0.5, 0.6) is 5.75 Å². The highest BCUT2D eigenvalue weighted by molar-refractivity contribution is 5.95. The number of hydrogen-bond donors (Lipinski definition) is 1. The maximum Gasteiger partial charge on any atom is 0.306 e. The minimum absolute atomic E-state index is 0.0585. The Morgan fingerprint density at radius 3 is 2.50 bits per heavy atom. The predicted octanol–water partition coefficient (Wildman–Crippen LogP) is 7.35. The summed E-state index contributed by atoms with van der Waals surface area (Å²) in [6, 6.07) is 23.0. The number of carbonyl (C=O) groups excluding carboxylic acids is 1. The molecule has 0 aliphatic rings. The molecule has 3 aromatic carbocycles. The average molecular weight is 515 g/mol. The van der Waals surface area contributed by atoms with Crippen LogP contribution in [0.2, 0.25) is 0 Å². The third-order valence-electron chi connectivity index (χ3n) is 6.51. The van der Waals surface area contributed by atoms with Crippen LogP contribution < -0.4 is 10.1 Å². The Labute approximate surface area is 224 Å². The molecule has 4 aromatic rings. The molecule has 5 nitrogen and oxygen atoms in total. The molecule has 0 bridgehead atoms. The Kier molecular flexibility index (Phi) is 8.74. The van der Waals surface area contributed by atoms with Crippen molar-refractivity contribution >= 4 is 16.7 Å². The Bertz CT molecular complexity index is 1420. The maximum absolute atomic E-state index is 14.8. The smallest absolute Gasteiger partial charge is 0.306 e. The number of aryl methyl sites for hydroxylation is 1. The van der Waals surface area contributed by atoms with Crippen molar-refractivity contribution in [1.82, 2.24) is 10.3 Å². The van der Waals surface area contributed by atoms with Crippen molar-refractivity contribution in [2.45, 2.75) is 58.7 Å². The highest BCUT2D eigenvalue weighted by atomic mass is 19.1. The quantitative estimate of drug-likeness (QED) is 0.224. The molecule has 0 spiro atoms. The van der Waals surface area contributed by atoms with Crippen molar-refractivity contribution < 1.29 is 18.7 Å². The van der Waals surface area contributed by atoms with Gasteiger partial charge < -0.3 is 14.8 Å². The van der Waals surface area contributed by atoms with Crippen LogP contribution >= 0.6 is 0 Å². The van der Waals surface area contributed by atoms with E-state index in [1.807, 2.05) is 62.4 Å². The first-order chi connectivity index (χ1) is 18.2. The molecule has 198 valence electrons. The van der Waals surface area contributed by atoms with Gasteiger partial charge in [-0.1, -0.05) is 36.4 Å². The predicted molar refractivity (Wildman–Crippen MR) is 150 cm³/mol. The molecule has 0 saturated carbocycles. The van der Waals surface area contributed by atoms with Gasteiger partial charge in [-0.05, 0) is 87.0 Å². The summed E-state index contributed by atoms with van der Waals surface area (Å²) in [7, 11) is 1.66. The van der Waals surface area contributed by atoms with E-state index in [4.69, 9.17) is 14.5 Å². The molecule has 0 fully saturated rings. The van der Waals surface area contributed by atoms with Crippen LogP contribution in [0.25, 0.3) is 22.0 Å². The molecule has 0 aliphatic heterocycles. The minimum Gasteiger partial charge on any atom is -0.497 e. The van der Waals surface area contributed by atoms with Gasteiger partial charge in [0.05, 0.1) is 24.6 Å². The number of hydrogen-bond acceptors (Lipinski definition) is 5. The van der Waals surface area contributed by atoms with Crippen LogP contribution in [0.4, 0.5) is 4.39 Å². The van der Waals surface area contributed by atoms with E-state index >= 15 is 0 Å². The Balaban J connectivity index is 1.65. The van der Waals surface area contributed by atoms with Crippen molar-refractivity contribution in [3.8, 4) is 17.0 Å². The number of carbonyl (C=O) groups is 1. The summed E-state index contributed by atoms with van der Waals surface area (Å²) in [6.45, 7) is 7.82. The van der Waals surface area contributed by atoms with Gasteiger partial charge in [0.15, 0.2) is 0 Å². The van der Waals surface area contributed by atoms with Crippen LogP contribution in [0, 0.1) is 5.82 Å². The fourth-order valence-electron chi connectivity index (χ4n) is 4.63. The van der Waals surface area contributed by atoms with Crippen molar-refractivity contribution in [2.24, 2.45) is 0 Å². The summed E-state index contributed by atoms with van der Waals surface area (Å²) in [4.78, 5) is 17.1. The van der Waals surface area contributed by atoms with Gasteiger partial charge in [0.1, 0.15) is 11.6 Å². The lowest BCUT2D eigenvalue weighted by Crippen LogP contribution is -2.23. The molecule has 0 saturated heterocycles. The molecular formula is C32H35FN2O3. The zero-order valence-corrected chi connectivity index (χ0v) is 22.6. The topological polar surface area (TPSA) is 60.5 Å². The second kappa shape index (κ2) is 12.2. The molecule has 0 radical (unpaired) electrons. The van der Waals surface area contributed by atoms with E-state index < -0.39 is 0 Å². The molecule has 1 N–H and O–H groups in total. The van der Waals surface area contributed by atoms with Crippen molar-refractivity contribution in [3.63, 3.8) is 0 Å². The first-order valence-corrected chi connectivity index (χ1v) is 13.0. The van der Waals surface area contributed by atoms with Crippen LogP contribution in [0.1, 0.15) is 63.0 Å². The number of benzene rings is 3. The van der Waals surface area contributed by atoms with Gasteiger partial charge >= 0.3 is 5.97 Å². The van der Waals surface area contributed by atoms with Gasteiger partial charge in [-0.3, -0.25) is 9.78 Å². The van der Waals surface area contributed by atoms with Gasteiger partial charge in [-0.2, -0.15) is 0 Å². The van der Waals surface area contributed by atoms with E-state index in [0.29, 0.717) is 17.7 Å². The molecule has 2 atom stereocenters. The third-order valence-corrected chi connectivity index (χ3v) is 6.51. The summed E-state index contributed by atoms with van der Waals surface area (Å²) >= 11 is 0. The summed E-state index contributed by atoms with van der Waals surface area (Å²) < 4.78 is 25.4. The van der Waals surface area contributed by atoms with E-state index in [1.54, 1.807) is 7.11 Å². The summed E-state index contributed by atoms with van der Waals surface area (Å²) in [6.07, 6.45) is 0.411. The van der Waals surface area contributed by atoms with Gasteiger partial charge in [0.25, 0.3) is 0 Å². The number of rotatable bonds is 10. The summed E-state index contributed by atoms with van der Waals surface area (Å²) in [5, 5.41) is 5.61. The fourth-order valence-corrected chi connectivity index (χ4v) is 4.63. The standard InChI is InChI=1S/C32H35FN2O3/c1-20(2)38-31(36)14-13-23-15-26(17-27(33)16-23)32-29-12-7-6-9-25(29)19-30(35-32)22(4)34-21(3)24-10-8-11-28(18-24)37-5/h6-12,15-22,34H,13-14H2,1-5H3/t21-,22?/m1/s1. The zero-order chi connectivity index (χ0) is 27.2. The van der Waals surface area contributed by atoms with Gasteiger partial charge in [-0.25, -0.2) is 4.39 Å². The minimum atomic E-state index is -0.358. The highest BCUT2D eigenvalue weighted by Crippen LogP contribution is 2.31. The number of nitrogens with one attached hydrogen (secondary N) is 1. The zero-order valence-electron chi connectivity index (χ0n) is 22.6. The molecule has 4 rings (SSSR count). The number of methoxy groups -OCH3 is 1. The van der Waals surface area contributed by atoms with Crippen molar-refractivity contribution in [3.05, 3.63) is 95.4 Å². The number of fused-ring (bicyclic) bond motifs is 1. The molecular weight excluding hydrogens is 479 g/mol. The molecule has 38 heavy (non-hydrogen) atoms.